The molecular formula is C15H15N3O. The number of rotatable bonds is 5. The zero-order valence-corrected chi connectivity index (χ0v) is 10.5. The molecule has 1 aromatic heterocycles. The number of pyridine rings is 1. The molecule has 2 rings (SSSR count). The van der Waals surface area contributed by atoms with Crippen LogP contribution in [-0.2, 0) is 6.42 Å². The number of nitrogens with zero attached hydrogens (tertiary/aromatic N) is 2. The van der Waals surface area contributed by atoms with Crippen LogP contribution in [0.4, 0.5) is 5.69 Å². The van der Waals surface area contributed by atoms with Gasteiger partial charge in [0.25, 0.3) is 0 Å². The van der Waals surface area contributed by atoms with Gasteiger partial charge >= 0.3 is 0 Å². The average Bonchev–Trinajstić information content (AvgIpc) is 2.46. The number of hydrogen-bond acceptors (Lipinski definition) is 4. The molecule has 0 atom stereocenters. The van der Waals surface area contributed by atoms with Crippen LogP contribution in [0.5, 0.6) is 5.75 Å². The molecule has 0 spiro atoms. The van der Waals surface area contributed by atoms with Crippen LogP contribution in [-0.4, -0.2) is 11.6 Å². The molecule has 4 nitrogen and oxygen atoms in total. The predicted octanol–water partition coefficient (Wildman–Crippen LogP) is 2.55. The number of benzene rings is 1. The Bertz CT molecular complexity index is 576. The zero-order chi connectivity index (χ0) is 13.5. The fraction of sp³-hybridized carbons (Fsp3) is 0.200. The largest absolute Gasteiger partial charge is 0.491 e. The standard InChI is InChI=1S/C15H15N3O/c16-11-13-3-4-15(14(17)10-13)19-9-1-2-12-5-7-18-8-6-12/h3-8,10H,1-2,9,17H2. The molecule has 19 heavy (non-hydrogen) atoms. The van der Waals surface area contributed by atoms with E-state index in [1.807, 2.05) is 18.2 Å². The van der Waals surface area contributed by atoms with Gasteiger partial charge in [-0.05, 0) is 48.7 Å². The molecule has 4 heteroatoms. The fourth-order valence-corrected chi connectivity index (χ4v) is 1.76. The van der Waals surface area contributed by atoms with Crippen molar-refractivity contribution in [1.82, 2.24) is 4.98 Å². The molecule has 0 saturated carbocycles. The van der Waals surface area contributed by atoms with Gasteiger partial charge in [0.05, 0.1) is 23.9 Å². The summed E-state index contributed by atoms with van der Waals surface area (Å²) in [6, 6.07) is 11.1. The van der Waals surface area contributed by atoms with Gasteiger partial charge in [-0.15, -0.1) is 0 Å². The van der Waals surface area contributed by atoms with E-state index in [-0.39, 0.29) is 0 Å². The lowest BCUT2D eigenvalue weighted by molar-refractivity contribution is 0.312. The molecule has 0 amide bonds. The second kappa shape index (κ2) is 6.41. The van der Waals surface area contributed by atoms with Crippen LogP contribution in [0, 0.1) is 11.3 Å². The van der Waals surface area contributed by atoms with Crippen LogP contribution < -0.4 is 10.5 Å². The summed E-state index contributed by atoms with van der Waals surface area (Å²) in [7, 11) is 0. The van der Waals surface area contributed by atoms with Crippen LogP contribution in [0.25, 0.3) is 0 Å². The highest BCUT2D eigenvalue weighted by Gasteiger charge is 2.01. The molecule has 0 fully saturated rings. The van der Waals surface area contributed by atoms with E-state index in [0.29, 0.717) is 23.6 Å². The summed E-state index contributed by atoms with van der Waals surface area (Å²) in [4.78, 5) is 3.97. The van der Waals surface area contributed by atoms with Crippen molar-refractivity contribution < 1.29 is 4.74 Å². The minimum Gasteiger partial charge on any atom is -0.491 e. The third-order valence-electron chi connectivity index (χ3n) is 2.76. The smallest absolute Gasteiger partial charge is 0.142 e. The van der Waals surface area contributed by atoms with Crippen LogP contribution in [0.3, 0.4) is 0 Å². The Balaban J connectivity index is 1.82. The first-order chi connectivity index (χ1) is 9.29. The molecule has 0 aliphatic carbocycles. The number of aryl methyl sites for hydroxylation is 1. The zero-order valence-electron chi connectivity index (χ0n) is 10.5. The van der Waals surface area contributed by atoms with Crippen molar-refractivity contribution in [2.45, 2.75) is 12.8 Å². The lowest BCUT2D eigenvalue weighted by atomic mass is 10.1. The monoisotopic (exact) mass is 253 g/mol. The second-order valence-electron chi connectivity index (χ2n) is 4.17. The molecule has 1 aromatic carbocycles. The maximum atomic E-state index is 8.74. The first-order valence-electron chi connectivity index (χ1n) is 6.11. The minimum absolute atomic E-state index is 0.503. The van der Waals surface area contributed by atoms with E-state index in [9.17, 15) is 0 Å². The number of nitrogen functional groups attached to an aromatic ring is 1. The van der Waals surface area contributed by atoms with E-state index in [1.165, 1.54) is 5.56 Å². The van der Waals surface area contributed by atoms with Crippen molar-refractivity contribution in [1.29, 1.82) is 5.26 Å². The van der Waals surface area contributed by atoms with Crippen molar-refractivity contribution in [3.63, 3.8) is 0 Å². The number of nitriles is 1. The van der Waals surface area contributed by atoms with Gasteiger partial charge in [0.2, 0.25) is 0 Å². The van der Waals surface area contributed by atoms with E-state index in [2.05, 4.69) is 4.98 Å². The molecule has 1 heterocycles. The van der Waals surface area contributed by atoms with Crippen molar-refractivity contribution >= 4 is 5.69 Å². The van der Waals surface area contributed by atoms with Crippen molar-refractivity contribution in [2.24, 2.45) is 0 Å². The Labute approximate surface area is 112 Å². The highest BCUT2D eigenvalue weighted by molar-refractivity contribution is 5.56. The van der Waals surface area contributed by atoms with Gasteiger partial charge in [0.15, 0.2) is 0 Å². The molecule has 0 unspecified atom stereocenters. The summed E-state index contributed by atoms with van der Waals surface area (Å²) < 4.78 is 5.61. The first-order valence-corrected chi connectivity index (χ1v) is 6.11. The Morgan fingerprint density at radius 1 is 1.21 bits per heavy atom. The van der Waals surface area contributed by atoms with Crippen LogP contribution in [0.1, 0.15) is 17.5 Å². The maximum Gasteiger partial charge on any atom is 0.142 e. The summed E-state index contributed by atoms with van der Waals surface area (Å²) in [6.07, 6.45) is 5.42. The summed E-state index contributed by atoms with van der Waals surface area (Å²) in [5, 5.41) is 8.74. The lowest BCUT2D eigenvalue weighted by Gasteiger charge is -2.08. The van der Waals surface area contributed by atoms with E-state index in [0.717, 1.165) is 12.8 Å². The fourth-order valence-electron chi connectivity index (χ4n) is 1.76. The Morgan fingerprint density at radius 2 is 2.00 bits per heavy atom. The van der Waals surface area contributed by atoms with Gasteiger partial charge in [0.1, 0.15) is 5.75 Å². The maximum absolute atomic E-state index is 8.74. The molecule has 0 aliphatic rings. The topological polar surface area (TPSA) is 71.9 Å². The third kappa shape index (κ3) is 3.71. The van der Waals surface area contributed by atoms with Gasteiger partial charge in [-0.2, -0.15) is 5.26 Å². The third-order valence-corrected chi connectivity index (χ3v) is 2.76. The summed E-state index contributed by atoms with van der Waals surface area (Å²) in [5.74, 6) is 0.633. The SMILES string of the molecule is N#Cc1ccc(OCCCc2ccncc2)c(N)c1. The van der Waals surface area contributed by atoms with Crippen molar-refractivity contribution in [2.75, 3.05) is 12.3 Å². The molecule has 0 aliphatic heterocycles. The molecule has 0 bridgehead atoms. The van der Waals surface area contributed by atoms with E-state index < -0.39 is 0 Å². The summed E-state index contributed by atoms with van der Waals surface area (Å²) in [5.41, 5.74) is 8.09. The summed E-state index contributed by atoms with van der Waals surface area (Å²) in [6.45, 7) is 0.596. The van der Waals surface area contributed by atoms with E-state index in [4.69, 9.17) is 15.7 Å². The molecule has 2 N–H and O–H groups in total. The van der Waals surface area contributed by atoms with Gasteiger partial charge in [0, 0.05) is 12.4 Å². The quantitative estimate of drug-likeness (QED) is 0.656. The molecule has 2 aromatic rings. The van der Waals surface area contributed by atoms with Crippen LogP contribution in [0.2, 0.25) is 0 Å². The Morgan fingerprint density at radius 3 is 2.68 bits per heavy atom. The van der Waals surface area contributed by atoms with Gasteiger partial charge in [-0.25, -0.2) is 0 Å². The first kappa shape index (κ1) is 12.9. The Hall–Kier alpha value is -2.54. The normalized spacial score (nSPS) is 9.84. The number of hydrogen-bond donors (Lipinski definition) is 1. The minimum atomic E-state index is 0.503. The van der Waals surface area contributed by atoms with E-state index in [1.54, 1.807) is 30.6 Å². The van der Waals surface area contributed by atoms with Crippen LogP contribution in [0.15, 0.2) is 42.7 Å². The highest BCUT2D eigenvalue weighted by Crippen LogP contribution is 2.22. The number of ether oxygens (including phenoxy) is 1. The van der Waals surface area contributed by atoms with Crippen molar-refractivity contribution in [3.05, 3.63) is 53.9 Å². The average molecular weight is 253 g/mol. The van der Waals surface area contributed by atoms with E-state index >= 15 is 0 Å². The van der Waals surface area contributed by atoms with Gasteiger partial charge in [-0.1, -0.05) is 0 Å². The molecular weight excluding hydrogens is 238 g/mol. The lowest BCUT2D eigenvalue weighted by Crippen LogP contribution is -2.02. The molecule has 0 saturated heterocycles. The molecule has 96 valence electrons. The van der Waals surface area contributed by atoms with Crippen molar-refractivity contribution in [3.8, 4) is 11.8 Å². The van der Waals surface area contributed by atoms with Crippen LogP contribution >= 0.6 is 0 Å². The second-order valence-corrected chi connectivity index (χ2v) is 4.17. The Kier molecular flexibility index (Phi) is 4.35. The number of anilines is 1. The number of nitrogens with two attached hydrogens (primary N) is 1. The predicted molar refractivity (Wildman–Crippen MR) is 73.6 cm³/mol. The number of aromatic nitrogens is 1. The van der Waals surface area contributed by atoms with Gasteiger partial charge < -0.3 is 10.5 Å². The summed E-state index contributed by atoms with van der Waals surface area (Å²) >= 11 is 0. The van der Waals surface area contributed by atoms with Gasteiger partial charge in [-0.3, -0.25) is 4.98 Å². The molecule has 0 radical (unpaired) electrons. The highest BCUT2D eigenvalue weighted by atomic mass is 16.5.